The van der Waals surface area contributed by atoms with Gasteiger partial charge in [-0.1, -0.05) is 17.7 Å². The van der Waals surface area contributed by atoms with Gasteiger partial charge in [-0.3, -0.25) is 4.98 Å². The summed E-state index contributed by atoms with van der Waals surface area (Å²) < 4.78 is 20.2. The highest BCUT2D eigenvalue weighted by molar-refractivity contribution is 8.14. The molecule has 0 aliphatic rings. The van der Waals surface area contributed by atoms with Crippen LogP contribution < -0.4 is 0 Å². The van der Waals surface area contributed by atoms with Gasteiger partial charge < -0.3 is 0 Å². The Morgan fingerprint density at radius 3 is 2.58 bits per heavy atom. The van der Waals surface area contributed by atoms with Crippen molar-refractivity contribution < 1.29 is 8.42 Å². The largest absolute Gasteiger partial charge is 0.264 e. The molecule has 66 valence electrons. The summed E-state index contributed by atoms with van der Waals surface area (Å²) in [5, 5.41) is 0. The topological polar surface area (TPSA) is 47.0 Å². The van der Waals surface area contributed by atoms with Gasteiger partial charge in [-0.05, 0) is 6.07 Å². The Bertz CT molecular complexity index is 351. The van der Waals surface area contributed by atoms with Crippen molar-refractivity contribution in [2.75, 3.05) is 0 Å². The van der Waals surface area contributed by atoms with Crippen molar-refractivity contribution in [3.05, 3.63) is 30.1 Å². The average molecular weight is 226 g/mol. The Balaban J connectivity index is 3.02. The normalized spacial score (nSPS) is 14.2. The molecule has 12 heavy (non-hydrogen) atoms. The van der Waals surface area contributed by atoms with Gasteiger partial charge in [0.25, 0.3) is 9.05 Å². The smallest absolute Gasteiger partial charge is 0.253 e. The van der Waals surface area contributed by atoms with Crippen LogP contribution in [-0.4, -0.2) is 13.4 Å². The van der Waals surface area contributed by atoms with Gasteiger partial charge in [0.05, 0.1) is 0 Å². The van der Waals surface area contributed by atoms with Crippen molar-refractivity contribution in [2.24, 2.45) is 0 Å². The van der Waals surface area contributed by atoms with Crippen LogP contribution in [0.4, 0.5) is 0 Å². The monoisotopic (exact) mass is 225 g/mol. The molecular weight excluding hydrogens is 221 g/mol. The van der Waals surface area contributed by atoms with Crippen molar-refractivity contribution in [3.8, 4) is 0 Å². The minimum Gasteiger partial charge on any atom is -0.264 e. The molecule has 0 spiro atoms. The lowest BCUT2D eigenvalue weighted by atomic mass is 10.3. The maximum atomic E-state index is 10.7. The molecule has 3 nitrogen and oxygen atoms in total. The molecule has 0 aliphatic carbocycles. The Labute approximate surface area is 79.8 Å². The molecule has 1 rings (SSSR count). The maximum absolute atomic E-state index is 10.7. The van der Waals surface area contributed by atoms with Crippen LogP contribution in [0.3, 0.4) is 0 Å². The van der Waals surface area contributed by atoms with Crippen LogP contribution in [0.2, 0.25) is 0 Å². The van der Waals surface area contributed by atoms with Crippen molar-refractivity contribution >= 4 is 31.3 Å². The number of halogens is 2. The Morgan fingerprint density at radius 1 is 1.50 bits per heavy atom. The molecule has 0 radical (unpaired) electrons. The average Bonchev–Trinajstić information content (AvgIpc) is 2.03. The molecule has 1 aromatic heterocycles. The molecule has 0 fully saturated rings. The molecule has 0 aliphatic heterocycles. The third-order valence-corrected chi connectivity index (χ3v) is 3.72. The Morgan fingerprint density at radius 2 is 2.17 bits per heavy atom. The van der Waals surface area contributed by atoms with E-state index in [1.54, 1.807) is 12.1 Å². The van der Waals surface area contributed by atoms with Crippen molar-refractivity contribution in [3.63, 3.8) is 0 Å². The molecule has 0 bridgehead atoms. The summed E-state index contributed by atoms with van der Waals surface area (Å²) in [4.78, 5) is 3.71. The molecular formula is C6H5Cl2NO2S. The number of pyridine rings is 1. The van der Waals surface area contributed by atoms with E-state index in [2.05, 4.69) is 4.98 Å². The molecule has 0 aromatic carbocycles. The van der Waals surface area contributed by atoms with E-state index in [-0.39, 0.29) is 0 Å². The molecule has 0 saturated heterocycles. The summed E-state index contributed by atoms with van der Waals surface area (Å²) >= 11 is 5.52. The van der Waals surface area contributed by atoms with E-state index in [0.717, 1.165) is 0 Å². The standard InChI is InChI=1S/C6H5Cl2NO2S/c7-6(12(8,10)11)5-2-1-3-9-4-5/h1-4,6H. The number of nitrogens with zero attached hydrogens (tertiary/aromatic N) is 1. The Hall–Kier alpha value is -0.320. The predicted molar refractivity (Wildman–Crippen MR) is 47.6 cm³/mol. The van der Waals surface area contributed by atoms with Crippen LogP contribution in [0.15, 0.2) is 24.5 Å². The van der Waals surface area contributed by atoms with Gasteiger partial charge >= 0.3 is 0 Å². The van der Waals surface area contributed by atoms with Crippen LogP contribution in [0, 0.1) is 0 Å². The van der Waals surface area contributed by atoms with E-state index < -0.39 is 13.8 Å². The zero-order valence-corrected chi connectivity index (χ0v) is 8.14. The molecule has 1 aromatic rings. The lowest BCUT2D eigenvalue weighted by molar-refractivity contribution is 0.607. The van der Waals surface area contributed by atoms with Gasteiger partial charge in [0.1, 0.15) is 0 Å². The van der Waals surface area contributed by atoms with E-state index in [1.807, 2.05) is 0 Å². The molecule has 0 saturated carbocycles. The van der Waals surface area contributed by atoms with E-state index >= 15 is 0 Å². The fourth-order valence-electron chi connectivity index (χ4n) is 0.673. The van der Waals surface area contributed by atoms with Crippen LogP contribution in [-0.2, 0) is 9.05 Å². The quantitative estimate of drug-likeness (QED) is 0.571. The summed E-state index contributed by atoms with van der Waals surface area (Å²) in [5.41, 5.74) is 0.370. The number of aromatic nitrogens is 1. The van der Waals surface area contributed by atoms with Gasteiger partial charge in [-0.2, -0.15) is 0 Å². The summed E-state index contributed by atoms with van der Waals surface area (Å²) in [7, 11) is 1.27. The third kappa shape index (κ3) is 2.33. The van der Waals surface area contributed by atoms with Crippen LogP contribution in [0.5, 0.6) is 0 Å². The minimum absolute atomic E-state index is 0.370. The second kappa shape index (κ2) is 3.60. The van der Waals surface area contributed by atoms with Crippen molar-refractivity contribution in [1.82, 2.24) is 4.98 Å². The van der Waals surface area contributed by atoms with Gasteiger partial charge in [-0.15, -0.1) is 0 Å². The zero-order chi connectivity index (χ0) is 9.19. The summed E-state index contributed by atoms with van der Waals surface area (Å²) in [5.74, 6) is 0. The first kappa shape index (κ1) is 9.77. The van der Waals surface area contributed by atoms with Gasteiger partial charge in [-0.25, -0.2) is 8.42 Å². The highest BCUT2D eigenvalue weighted by Crippen LogP contribution is 2.28. The van der Waals surface area contributed by atoms with E-state index in [0.29, 0.717) is 5.56 Å². The van der Waals surface area contributed by atoms with Crippen LogP contribution in [0.25, 0.3) is 0 Å². The predicted octanol–water partition coefficient (Wildman–Crippen LogP) is 1.89. The second-order valence-electron chi connectivity index (χ2n) is 2.08. The molecule has 1 unspecified atom stereocenters. The van der Waals surface area contributed by atoms with Gasteiger partial charge in [0.2, 0.25) is 0 Å². The van der Waals surface area contributed by atoms with E-state index in [1.165, 1.54) is 12.4 Å². The fraction of sp³-hybridized carbons (Fsp3) is 0.167. The summed E-state index contributed by atoms with van der Waals surface area (Å²) in [6.07, 6.45) is 2.88. The van der Waals surface area contributed by atoms with E-state index in [9.17, 15) is 8.42 Å². The highest BCUT2D eigenvalue weighted by Gasteiger charge is 2.21. The highest BCUT2D eigenvalue weighted by atomic mass is 35.7. The van der Waals surface area contributed by atoms with E-state index in [4.69, 9.17) is 22.3 Å². The molecule has 1 heterocycles. The molecule has 0 amide bonds. The summed E-state index contributed by atoms with van der Waals surface area (Å²) in [6, 6.07) is 3.14. The lowest BCUT2D eigenvalue weighted by Crippen LogP contribution is -1.99. The third-order valence-electron chi connectivity index (χ3n) is 1.19. The first-order valence-electron chi connectivity index (χ1n) is 2.99. The number of hydrogen-bond donors (Lipinski definition) is 0. The molecule has 1 atom stereocenters. The molecule has 0 N–H and O–H groups in total. The Kier molecular flexibility index (Phi) is 2.93. The second-order valence-corrected chi connectivity index (χ2v) is 5.49. The SMILES string of the molecule is O=S(=O)(Cl)C(Cl)c1cccnc1. The maximum Gasteiger partial charge on any atom is 0.253 e. The minimum atomic E-state index is -3.76. The van der Waals surface area contributed by atoms with Crippen molar-refractivity contribution in [1.29, 1.82) is 0 Å². The summed E-state index contributed by atoms with van der Waals surface area (Å²) in [6.45, 7) is 0. The first-order chi connectivity index (χ1) is 5.52. The lowest BCUT2D eigenvalue weighted by Gasteiger charge is -2.03. The molecule has 6 heteroatoms. The van der Waals surface area contributed by atoms with Crippen LogP contribution in [0.1, 0.15) is 10.3 Å². The van der Waals surface area contributed by atoms with Crippen LogP contribution >= 0.6 is 22.3 Å². The van der Waals surface area contributed by atoms with Gasteiger partial charge in [0, 0.05) is 28.6 Å². The fourth-order valence-corrected chi connectivity index (χ4v) is 1.57. The number of alkyl halides is 1. The number of hydrogen-bond acceptors (Lipinski definition) is 3. The van der Waals surface area contributed by atoms with Crippen molar-refractivity contribution in [2.45, 2.75) is 4.71 Å². The first-order valence-corrected chi connectivity index (χ1v) is 5.80. The zero-order valence-electron chi connectivity index (χ0n) is 5.81. The van der Waals surface area contributed by atoms with Gasteiger partial charge in [0.15, 0.2) is 4.71 Å². The number of rotatable bonds is 2.